The molecule has 1 aliphatic carbocycles. The highest BCUT2D eigenvalue weighted by molar-refractivity contribution is 9.10. The molecular formula is C27H21BrClNO5S2. The Morgan fingerprint density at radius 1 is 1.11 bits per heavy atom. The van der Waals surface area contributed by atoms with E-state index in [-0.39, 0.29) is 24.2 Å². The number of ether oxygens (including phenoxy) is 1. The van der Waals surface area contributed by atoms with Crippen molar-refractivity contribution in [3.8, 4) is 6.07 Å². The zero-order valence-corrected chi connectivity index (χ0v) is 23.6. The molecule has 37 heavy (non-hydrogen) atoms. The minimum atomic E-state index is -2.28. The van der Waals surface area contributed by atoms with Crippen molar-refractivity contribution in [1.29, 1.82) is 5.26 Å². The third-order valence-corrected chi connectivity index (χ3v) is 9.89. The number of halogens is 2. The molecule has 1 saturated carbocycles. The minimum absolute atomic E-state index is 0.0728. The Balaban J connectivity index is 2.04. The largest absolute Gasteiger partial charge is 0.465 e. The Kier molecular flexibility index (Phi) is 8.64. The molecule has 2 aromatic rings. The molecule has 0 aromatic heterocycles. The maximum atomic E-state index is 14.2. The lowest BCUT2D eigenvalue weighted by Crippen LogP contribution is -2.49. The van der Waals surface area contributed by atoms with Gasteiger partial charge in [0.05, 0.1) is 22.5 Å². The first kappa shape index (κ1) is 27.6. The zero-order chi connectivity index (χ0) is 26.7. The number of nitrogens with zero attached hydrogens (tertiary/aromatic N) is 1. The highest BCUT2D eigenvalue weighted by Crippen LogP contribution is 2.52. The summed E-state index contributed by atoms with van der Waals surface area (Å²) in [7, 11) is 0. The van der Waals surface area contributed by atoms with Gasteiger partial charge in [-0.2, -0.15) is 5.26 Å². The fraction of sp³-hybridized carbons (Fsp3) is 0.296. The molecule has 1 saturated heterocycles. The maximum Gasteiger partial charge on any atom is 0.328 e. The molecule has 0 unspecified atom stereocenters. The molecule has 0 amide bonds. The average Bonchev–Trinajstić information content (AvgIpc) is 3.38. The van der Waals surface area contributed by atoms with E-state index < -0.39 is 40.6 Å². The van der Waals surface area contributed by atoms with Gasteiger partial charge in [0.2, 0.25) is 0 Å². The minimum Gasteiger partial charge on any atom is -0.465 e. The molecule has 0 spiro atoms. The topological polar surface area (TPSA) is 101 Å². The number of allylic oxidation sites excluding steroid dienone is 1. The monoisotopic (exact) mass is 617 g/mol. The highest BCUT2D eigenvalue weighted by atomic mass is 79.9. The lowest BCUT2D eigenvalue weighted by molar-refractivity contribution is -0.157. The maximum absolute atomic E-state index is 14.2. The third-order valence-electron chi connectivity index (χ3n) is 6.40. The van der Waals surface area contributed by atoms with Gasteiger partial charge in [0, 0.05) is 38.9 Å². The van der Waals surface area contributed by atoms with Crippen molar-refractivity contribution >= 4 is 74.4 Å². The summed E-state index contributed by atoms with van der Waals surface area (Å²) in [4.78, 5) is 55.7. The number of carbonyl (C=O) groups is 4. The summed E-state index contributed by atoms with van der Waals surface area (Å²) in [5.41, 5.74) is -1.81. The second-order valence-electron chi connectivity index (χ2n) is 8.46. The SMILES string of the molecule is CCOC(=O)[C@@]1(C#N)[C@@H](C(=O)c2ccc(Br)cc2)C(=O)C(=C2SCCS2)C(=O)C[C@@H]1c1ccc(Cl)cc1. The molecule has 4 rings (SSSR count). The van der Waals surface area contributed by atoms with Crippen LogP contribution in [0.2, 0.25) is 5.02 Å². The number of rotatable bonds is 5. The quantitative estimate of drug-likeness (QED) is 0.101. The number of hydrogen-bond acceptors (Lipinski definition) is 8. The van der Waals surface area contributed by atoms with Gasteiger partial charge in [-0.05, 0) is 36.8 Å². The number of Topliss-reactive ketones (excluding diaryl/α,β-unsaturated/α-hetero) is 3. The zero-order valence-electron chi connectivity index (χ0n) is 19.7. The van der Waals surface area contributed by atoms with E-state index in [4.69, 9.17) is 16.3 Å². The summed E-state index contributed by atoms with van der Waals surface area (Å²) in [6, 6.07) is 14.7. The molecule has 0 radical (unpaired) electrons. The van der Waals surface area contributed by atoms with Crippen LogP contribution in [0.1, 0.15) is 35.2 Å². The molecule has 10 heteroatoms. The van der Waals surface area contributed by atoms with Crippen LogP contribution in [-0.2, 0) is 19.1 Å². The fourth-order valence-electron chi connectivity index (χ4n) is 4.69. The molecule has 190 valence electrons. The molecule has 6 nitrogen and oxygen atoms in total. The molecule has 1 heterocycles. The molecule has 0 N–H and O–H groups in total. The number of ketones is 3. The number of esters is 1. The van der Waals surface area contributed by atoms with Crippen molar-refractivity contribution in [2.75, 3.05) is 18.1 Å². The Bertz CT molecular complexity index is 1330. The second-order valence-corrected chi connectivity index (χ2v) is 12.3. The average molecular weight is 619 g/mol. The van der Waals surface area contributed by atoms with Gasteiger partial charge in [-0.25, -0.2) is 0 Å². The van der Waals surface area contributed by atoms with Gasteiger partial charge < -0.3 is 4.74 Å². The van der Waals surface area contributed by atoms with Gasteiger partial charge in [0.15, 0.2) is 22.8 Å². The van der Waals surface area contributed by atoms with Crippen molar-refractivity contribution in [2.45, 2.75) is 19.3 Å². The first-order valence-corrected chi connectivity index (χ1v) is 14.6. The first-order valence-electron chi connectivity index (χ1n) is 11.5. The molecule has 0 bridgehead atoms. The Morgan fingerprint density at radius 3 is 2.30 bits per heavy atom. The summed E-state index contributed by atoms with van der Waals surface area (Å²) < 4.78 is 6.59. The van der Waals surface area contributed by atoms with E-state index >= 15 is 0 Å². The third kappa shape index (κ3) is 5.17. The van der Waals surface area contributed by atoms with Crippen LogP contribution in [0.15, 0.2) is 62.8 Å². The van der Waals surface area contributed by atoms with Gasteiger partial charge in [0.1, 0.15) is 5.92 Å². The predicted molar refractivity (Wildman–Crippen MR) is 147 cm³/mol. The van der Waals surface area contributed by atoms with E-state index in [9.17, 15) is 24.4 Å². The Morgan fingerprint density at radius 2 is 1.73 bits per heavy atom. The van der Waals surface area contributed by atoms with Crippen molar-refractivity contribution in [3.05, 3.63) is 79.0 Å². The van der Waals surface area contributed by atoms with Gasteiger partial charge in [-0.15, -0.1) is 23.5 Å². The van der Waals surface area contributed by atoms with Crippen molar-refractivity contribution in [3.63, 3.8) is 0 Å². The van der Waals surface area contributed by atoms with Crippen LogP contribution in [0.5, 0.6) is 0 Å². The lowest BCUT2D eigenvalue weighted by Gasteiger charge is -2.35. The molecule has 2 aliphatic rings. The summed E-state index contributed by atoms with van der Waals surface area (Å²) in [5.74, 6) is -4.54. The van der Waals surface area contributed by atoms with Crippen molar-refractivity contribution in [1.82, 2.24) is 0 Å². The van der Waals surface area contributed by atoms with Gasteiger partial charge >= 0.3 is 5.97 Å². The van der Waals surface area contributed by atoms with Crippen LogP contribution in [0.4, 0.5) is 0 Å². The lowest BCUT2D eigenvalue weighted by atomic mass is 9.62. The van der Waals surface area contributed by atoms with Crippen LogP contribution in [0.3, 0.4) is 0 Å². The van der Waals surface area contributed by atoms with E-state index in [1.807, 2.05) is 6.07 Å². The number of carbonyl (C=O) groups excluding carboxylic acids is 4. The predicted octanol–water partition coefficient (Wildman–Crippen LogP) is 5.99. The molecule has 1 aliphatic heterocycles. The van der Waals surface area contributed by atoms with E-state index in [0.717, 1.165) is 0 Å². The molecule has 3 atom stereocenters. The van der Waals surface area contributed by atoms with Crippen molar-refractivity contribution < 1.29 is 23.9 Å². The second kappa shape index (κ2) is 11.6. The molecular weight excluding hydrogens is 598 g/mol. The summed E-state index contributed by atoms with van der Waals surface area (Å²) in [6.45, 7) is 1.51. The van der Waals surface area contributed by atoms with E-state index in [1.165, 1.54) is 35.7 Å². The van der Waals surface area contributed by atoms with Crippen molar-refractivity contribution in [2.24, 2.45) is 11.3 Å². The Hall–Kier alpha value is -2.38. The van der Waals surface area contributed by atoms with Crippen LogP contribution in [0, 0.1) is 22.7 Å². The molecule has 2 fully saturated rings. The number of thioether (sulfide) groups is 2. The highest BCUT2D eigenvalue weighted by Gasteiger charge is 2.63. The summed E-state index contributed by atoms with van der Waals surface area (Å²) >= 11 is 12.2. The summed E-state index contributed by atoms with van der Waals surface area (Å²) in [5, 5.41) is 11.1. The first-order chi connectivity index (χ1) is 17.7. The number of nitriles is 1. The molecule has 2 aromatic carbocycles. The van der Waals surface area contributed by atoms with Gasteiger partial charge in [0.25, 0.3) is 0 Å². The van der Waals surface area contributed by atoms with Gasteiger partial charge in [-0.1, -0.05) is 51.8 Å². The normalized spacial score (nSPS) is 23.9. The van der Waals surface area contributed by atoms with Crippen LogP contribution in [-0.4, -0.2) is 41.4 Å². The standard InChI is InChI=1S/C27H21BrClNO5S2/c1-2-35-26(34)27(14-30)19(15-5-9-18(29)10-6-15)13-20(31)21(25-36-11-12-37-25)24(33)22(27)23(32)16-3-7-17(28)8-4-16/h3-10,19,22H,2,11-13H2,1H3/t19-,22+,27-/m1/s1. The van der Waals surface area contributed by atoms with Crippen LogP contribution in [0.25, 0.3) is 0 Å². The van der Waals surface area contributed by atoms with Crippen LogP contribution >= 0.6 is 51.1 Å². The van der Waals surface area contributed by atoms with Crippen LogP contribution < -0.4 is 0 Å². The van der Waals surface area contributed by atoms with E-state index in [2.05, 4.69) is 15.9 Å². The van der Waals surface area contributed by atoms with Gasteiger partial charge in [-0.3, -0.25) is 19.2 Å². The fourth-order valence-corrected chi connectivity index (χ4v) is 7.67. The Labute approximate surface area is 236 Å². The summed E-state index contributed by atoms with van der Waals surface area (Å²) in [6.07, 6.45) is -0.316. The number of hydrogen-bond donors (Lipinski definition) is 0. The smallest absolute Gasteiger partial charge is 0.328 e. The van der Waals surface area contributed by atoms with E-state index in [0.29, 0.717) is 30.8 Å². The van der Waals surface area contributed by atoms with E-state index in [1.54, 1.807) is 43.3 Å². The number of benzene rings is 2.